The Morgan fingerprint density at radius 3 is 2.59 bits per heavy atom. The number of ether oxygens (including phenoxy) is 3. The number of unbranched alkanes of at least 4 members (excludes halogenated alkanes) is 1. The molecule has 1 saturated heterocycles. The maximum absolute atomic E-state index is 13.7. The molecule has 1 fully saturated rings. The van der Waals surface area contributed by atoms with E-state index in [1.165, 1.54) is 13.2 Å². The summed E-state index contributed by atoms with van der Waals surface area (Å²) in [5.41, 5.74) is 5.40. The van der Waals surface area contributed by atoms with Gasteiger partial charge in [-0.15, -0.1) is 0 Å². The lowest BCUT2D eigenvalue weighted by molar-refractivity contribution is -0.139. The van der Waals surface area contributed by atoms with E-state index in [1.807, 2.05) is 0 Å². The van der Waals surface area contributed by atoms with Gasteiger partial charge in [0.15, 0.2) is 5.96 Å². The van der Waals surface area contributed by atoms with Gasteiger partial charge in [-0.2, -0.15) is 13.2 Å². The lowest BCUT2D eigenvalue weighted by atomic mass is 10.1. The lowest BCUT2D eigenvalue weighted by Gasteiger charge is -2.25. The highest BCUT2D eigenvalue weighted by atomic mass is 19.4. The van der Waals surface area contributed by atoms with Gasteiger partial charge in [0.1, 0.15) is 11.8 Å². The second kappa shape index (κ2) is 11.8. The Kier molecular flexibility index (Phi) is 9.37. The van der Waals surface area contributed by atoms with Crippen LogP contribution in [0.3, 0.4) is 0 Å². The first-order chi connectivity index (χ1) is 15.2. The maximum atomic E-state index is 13.7. The van der Waals surface area contributed by atoms with Crippen LogP contribution in [0.2, 0.25) is 0 Å². The SMILES string of the molecule is C/C=C(\N=C(/OC)C1CCCN1C(=N)N)c1ccc(OCCCCOC)c(C(F)(F)F)c1. The van der Waals surface area contributed by atoms with Crippen LogP contribution >= 0.6 is 0 Å². The second-order valence-electron chi connectivity index (χ2n) is 7.32. The summed E-state index contributed by atoms with van der Waals surface area (Å²) in [5, 5.41) is 7.73. The molecule has 10 heteroatoms. The second-order valence-corrected chi connectivity index (χ2v) is 7.32. The number of nitrogens with zero attached hydrogens (tertiary/aromatic N) is 2. The summed E-state index contributed by atoms with van der Waals surface area (Å²) in [5.74, 6) is -0.00734. The number of hydrogen-bond acceptors (Lipinski definition) is 5. The van der Waals surface area contributed by atoms with Crippen molar-refractivity contribution in [3.05, 3.63) is 35.4 Å². The summed E-state index contributed by atoms with van der Waals surface area (Å²) in [7, 11) is 3.02. The van der Waals surface area contributed by atoms with Gasteiger partial charge < -0.3 is 24.8 Å². The van der Waals surface area contributed by atoms with Crippen LogP contribution in [0.25, 0.3) is 5.70 Å². The first kappa shape index (κ1) is 25.5. The fraction of sp³-hybridized carbons (Fsp3) is 0.545. The molecule has 2 rings (SSSR count). The van der Waals surface area contributed by atoms with Crippen LogP contribution in [0, 0.1) is 5.41 Å². The third-order valence-electron chi connectivity index (χ3n) is 5.14. The molecule has 0 amide bonds. The Labute approximate surface area is 186 Å². The van der Waals surface area contributed by atoms with Gasteiger partial charge >= 0.3 is 6.18 Å². The van der Waals surface area contributed by atoms with E-state index in [9.17, 15) is 13.2 Å². The number of nitrogens with two attached hydrogens (primary N) is 1. The molecule has 0 aromatic heterocycles. The zero-order chi connectivity index (χ0) is 23.7. The molecule has 0 saturated carbocycles. The number of guanidine groups is 1. The van der Waals surface area contributed by atoms with Crippen LogP contribution in [-0.2, 0) is 15.7 Å². The van der Waals surface area contributed by atoms with Gasteiger partial charge in [-0.25, -0.2) is 4.99 Å². The third-order valence-corrected chi connectivity index (χ3v) is 5.14. The number of allylic oxidation sites excluding steroid dienone is 1. The van der Waals surface area contributed by atoms with Gasteiger partial charge in [0, 0.05) is 25.8 Å². The summed E-state index contributed by atoms with van der Waals surface area (Å²) in [6.45, 7) is 2.98. The predicted molar refractivity (Wildman–Crippen MR) is 118 cm³/mol. The number of nitrogens with one attached hydrogen (secondary N) is 1. The Morgan fingerprint density at radius 1 is 1.28 bits per heavy atom. The average Bonchev–Trinajstić information content (AvgIpc) is 3.24. The Bertz CT molecular complexity index is 840. The van der Waals surface area contributed by atoms with Crippen molar-refractivity contribution in [1.82, 2.24) is 4.90 Å². The number of halogens is 3. The van der Waals surface area contributed by atoms with Crippen molar-refractivity contribution in [2.75, 3.05) is 34.0 Å². The van der Waals surface area contributed by atoms with Gasteiger partial charge in [-0.05, 0) is 50.8 Å². The normalized spacial score (nSPS) is 17.6. The van der Waals surface area contributed by atoms with Crippen molar-refractivity contribution in [1.29, 1.82) is 5.41 Å². The molecule has 1 unspecified atom stereocenters. The van der Waals surface area contributed by atoms with Crippen LogP contribution in [-0.4, -0.2) is 56.8 Å². The number of methoxy groups -OCH3 is 2. The quantitative estimate of drug-likeness (QED) is 0.329. The molecule has 0 spiro atoms. The van der Waals surface area contributed by atoms with E-state index in [0.29, 0.717) is 44.0 Å². The first-order valence-electron chi connectivity index (χ1n) is 10.5. The van der Waals surface area contributed by atoms with Crippen molar-refractivity contribution in [2.24, 2.45) is 10.7 Å². The molecular weight excluding hydrogens is 425 g/mol. The van der Waals surface area contributed by atoms with E-state index in [1.54, 1.807) is 31.1 Å². The molecule has 1 aromatic carbocycles. The van der Waals surface area contributed by atoms with Crippen LogP contribution in [0.5, 0.6) is 5.75 Å². The average molecular weight is 457 g/mol. The van der Waals surface area contributed by atoms with E-state index >= 15 is 0 Å². The van der Waals surface area contributed by atoms with Gasteiger partial charge in [0.25, 0.3) is 0 Å². The zero-order valence-corrected chi connectivity index (χ0v) is 18.7. The minimum Gasteiger partial charge on any atom is -0.493 e. The molecule has 0 radical (unpaired) electrons. The largest absolute Gasteiger partial charge is 0.493 e. The molecule has 1 aliphatic heterocycles. The summed E-state index contributed by atoms with van der Waals surface area (Å²) >= 11 is 0. The number of rotatable bonds is 9. The van der Waals surface area contributed by atoms with E-state index in [4.69, 9.17) is 25.4 Å². The standard InChI is InChI=1S/C22H31F3N4O3/c1-4-17(28-20(31-3)18-8-7-11-29(18)21(26)27)15-9-10-19(16(14-15)22(23,24)25)32-13-6-5-12-30-2/h4,9-10,14,18H,5-8,11-13H2,1-3H3,(H3,26,27)/b17-4-,28-20-. The van der Waals surface area contributed by atoms with Crippen molar-refractivity contribution in [2.45, 2.75) is 44.8 Å². The Balaban J connectivity index is 2.31. The fourth-order valence-corrected chi connectivity index (χ4v) is 3.55. The lowest BCUT2D eigenvalue weighted by Crippen LogP contribution is -2.44. The van der Waals surface area contributed by atoms with Crippen LogP contribution in [0.1, 0.15) is 43.7 Å². The van der Waals surface area contributed by atoms with Crippen molar-refractivity contribution >= 4 is 17.6 Å². The zero-order valence-electron chi connectivity index (χ0n) is 18.7. The van der Waals surface area contributed by atoms with Gasteiger partial charge in [0.2, 0.25) is 5.90 Å². The van der Waals surface area contributed by atoms with Gasteiger partial charge in [-0.1, -0.05) is 6.08 Å². The van der Waals surface area contributed by atoms with E-state index in [-0.39, 0.29) is 29.9 Å². The van der Waals surface area contributed by atoms with Crippen LogP contribution < -0.4 is 10.5 Å². The smallest absolute Gasteiger partial charge is 0.419 e. The predicted octanol–water partition coefficient (Wildman–Crippen LogP) is 4.27. The monoisotopic (exact) mass is 456 g/mol. The van der Waals surface area contributed by atoms with E-state index in [0.717, 1.165) is 12.5 Å². The number of likely N-dealkylation sites (tertiary alicyclic amines) is 1. The molecule has 178 valence electrons. The molecule has 1 atom stereocenters. The Hall–Kier alpha value is -2.75. The number of alkyl halides is 3. The van der Waals surface area contributed by atoms with E-state index < -0.39 is 11.7 Å². The third kappa shape index (κ3) is 6.62. The molecular formula is C22H31F3N4O3. The molecule has 32 heavy (non-hydrogen) atoms. The van der Waals surface area contributed by atoms with E-state index in [2.05, 4.69) is 4.99 Å². The minimum absolute atomic E-state index is 0.0920. The minimum atomic E-state index is -4.58. The highest BCUT2D eigenvalue weighted by molar-refractivity contribution is 5.91. The summed E-state index contributed by atoms with van der Waals surface area (Å²) < 4.78 is 56.9. The Morgan fingerprint density at radius 2 is 2.00 bits per heavy atom. The highest BCUT2D eigenvalue weighted by Gasteiger charge is 2.35. The number of benzene rings is 1. The summed E-state index contributed by atoms with van der Waals surface area (Å²) in [6, 6.07) is 3.57. The molecule has 1 heterocycles. The van der Waals surface area contributed by atoms with Crippen molar-refractivity contribution < 1.29 is 27.4 Å². The van der Waals surface area contributed by atoms with Crippen LogP contribution in [0.15, 0.2) is 29.3 Å². The molecule has 0 bridgehead atoms. The summed E-state index contributed by atoms with van der Waals surface area (Å²) in [4.78, 5) is 6.15. The van der Waals surface area contributed by atoms with Crippen LogP contribution in [0.4, 0.5) is 13.2 Å². The van der Waals surface area contributed by atoms with Crippen molar-refractivity contribution in [3.63, 3.8) is 0 Å². The molecule has 1 aliphatic rings. The highest BCUT2D eigenvalue weighted by Crippen LogP contribution is 2.38. The molecule has 7 nitrogen and oxygen atoms in total. The van der Waals surface area contributed by atoms with Crippen molar-refractivity contribution in [3.8, 4) is 5.75 Å². The first-order valence-corrected chi connectivity index (χ1v) is 10.5. The summed E-state index contributed by atoms with van der Waals surface area (Å²) in [6.07, 6.45) is -0.179. The molecule has 1 aromatic rings. The maximum Gasteiger partial charge on any atom is 0.419 e. The fourth-order valence-electron chi connectivity index (χ4n) is 3.55. The number of hydrogen-bond donors (Lipinski definition) is 2. The van der Waals surface area contributed by atoms with Gasteiger partial charge in [0.05, 0.1) is 25.0 Å². The van der Waals surface area contributed by atoms with Gasteiger partial charge in [-0.3, -0.25) is 5.41 Å². The topological polar surface area (TPSA) is 93.2 Å². The number of aliphatic imine (C=N–C) groups is 1. The molecule has 3 N–H and O–H groups in total. The molecule has 0 aliphatic carbocycles.